The molecule has 0 bridgehead atoms. The fourth-order valence-electron chi connectivity index (χ4n) is 4.10. The van der Waals surface area contributed by atoms with Crippen molar-refractivity contribution in [3.8, 4) is 5.75 Å². The van der Waals surface area contributed by atoms with Gasteiger partial charge < -0.3 is 14.3 Å². The SMILES string of the molecule is COc1cc(C)c(/C(O)=C2/C(=O)C(=O)N(c3ccc(Cl)cc3C)C2c2ccco2)cc1C. The third-order valence-electron chi connectivity index (χ3n) is 5.67. The molecule has 1 aromatic heterocycles. The number of ketones is 1. The maximum atomic E-state index is 13.2. The Hall–Kier alpha value is -3.51. The number of anilines is 1. The molecule has 1 saturated heterocycles. The minimum Gasteiger partial charge on any atom is -0.507 e. The first kappa shape index (κ1) is 21.7. The number of Topliss-reactive ketones (excluding diaryl/α,β-unsaturated/α-hetero) is 1. The lowest BCUT2D eigenvalue weighted by Crippen LogP contribution is -2.29. The number of halogens is 1. The van der Waals surface area contributed by atoms with Crippen molar-refractivity contribution in [2.24, 2.45) is 0 Å². The lowest BCUT2D eigenvalue weighted by Gasteiger charge is -2.25. The third-order valence-corrected chi connectivity index (χ3v) is 5.91. The number of hydrogen-bond acceptors (Lipinski definition) is 5. The van der Waals surface area contributed by atoms with Crippen molar-refractivity contribution in [2.45, 2.75) is 26.8 Å². The van der Waals surface area contributed by atoms with Crippen LogP contribution in [0.25, 0.3) is 5.76 Å². The first-order valence-electron chi connectivity index (χ1n) is 10.0. The number of carbonyl (C=O) groups excluding carboxylic acids is 2. The predicted octanol–water partition coefficient (Wildman–Crippen LogP) is 5.49. The van der Waals surface area contributed by atoms with Gasteiger partial charge in [0, 0.05) is 16.3 Å². The van der Waals surface area contributed by atoms with Gasteiger partial charge in [0.25, 0.3) is 11.7 Å². The largest absolute Gasteiger partial charge is 0.507 e. The Bertz CT molecular complexity index is 1260. The summed E-state index contributed by atoms with van der Waals surface area (Å²) < 4.78 is 10.9. The number of amides is 1. The van der Waals surface area contributed by atoms with E-state index >= 15 is 0 Å². The van der Waals surface area contributed by atoms with Crippen molar-refractivity contribution in [1.29, 1.82) is 0 Å². The highest BCUT2D eigenvalue weighted by Gasteiger charge is 2.48. The molecule has 1 amide bonds. The number of nitrogens with zero attached hydrogens (tertiary/aromatic N) is 1. The van der Waals surface area contributed by atoms with Crippen LogP contribution in [-0.4, -0.2) is 23.9 Å². The Morgan fingerprint density at radius 1 is 1.06 bits per heavy atom. The molecular formula is C25H22ClNO5. The molecule has 164 valence electrons. The molecule has 0 saturated carbocycles. The lowest BCUT2D eigenvalue weighted by molar-refractivity contribution is -0.132. The number of aliphatic hydroxyl groups excluding tert-OH is 1. The maximum Gasteiger partial charge on any atom is 0.300 e. The maximum absolute atomic E-state index is 13.2. The van der Waals surface area contributed by atoms with Gasteiger partial charge in [-0.15, -0.1) is 0 Å². The summed E-state index contributed by atoms with van der Waals surface area (Å²) in [5.74, 6) is -0.767. The lowest BCUT2D eigenvalue weighted by atomic mass is 9.95. The number of hydrogen-bond donors (Lipinski definition) is 1. The fourth-order valence-corrected chi connectivity index (χ4v) is 4.32. The molecule has 1 aliphatic heterocycles. The van der Waals surface area contributed by atoms with Crippen molar-refractivity contribution in [3.63, 3.8) is 0 Å². The van der Waals surface area contributed by atoms with E-state index in [1.54, 1.807) is 63.4 Å². The Balaban J connectivity index is 1.96. The topological polar surface area (TPSA) is 80.0 Å². The highest BCUT2D eigenvalue weighted by Crippen LogP contribution is 2.44. The summed E-state index contributed by atoms with van der Waals surface area (Å²) in [5, 5.41) is 11.8. The number of rotatable bonds is 4. The van der Waals surface area contributed by atoms with Gasteiger partial charge in [0.1, 0.15) is 23.3 Å². The monoisotopic (exact) mass is 451 g/mol. The van der Waals surface area contributed by atoms with Crippen LogP contribution in [0.5, 0.6) is 5.75 Å². The van der Waals surface area contributed by atoms with Gasteiger partial charge in [-0.3, -0.25) is 14.5 Å². The molecule has 1 aliphatic rings. The van der Waals surface area contributed by atoms with Crippen LogP contribution < -0.4 is 9.64 Å². The predicted molar refractivity (Wildman–Crippen MR) is 122 cm³/mol. The van der Waals surface area contributed by atoms with Gasteiger partial charge in [-0.25, -0.2) is 0 Å². The quantitative estimate of drug-likeness (QED) is 0.322. The van der Waals surface area contributed by atoms with Gasteiger partial charge in [-0.1, -0.05) is 11.6 Å². The molecule has 1 unspecified atom stereocenters. The molecule has 0 spiro atoms. The zero-order valence-corrected chi connectivity index (χ0v) is 18.9. The zero-order valence-electron chi connectivity index (χ0n) is 18.1. The molecule has 0 aliphatic carbocycles. The Morgan fingerprint density at radius 2 is 1.81 bits per heavy atom. The number of methoxy groups -OCH3 is 1. The first-order valence-corrected chi connectivity index (χ1v) is 10.4. The number of furan rings is 1. The molecule has 7 heteroatoms. The van der Waals surface area contributed by atoms with Crippen molar-refractivity contribution in [3.05, 3.63) is 87.3 Å². The second kappa shape index (κ2) is 8.20. The van der Waals surface area contributed by atoms with Gasteiger partial charge >= 0.3 is 0 Å². The molecule has 1 N–H and O–H groups in total. The Morgan fingerprint density at radius 3 is 2.44 bits per heavy atom. The summed E-state index contributed by atoms with van der Waals surface area (Å²) in [7, 11) is 1.57. The number of aryl methyl sites for hydroxylation is 3. The van der Waals surface area contributed by atoms with Crippen LogP contribution in [0.2, 0.25) is 5.02 Å². The Kier molecular flexibility index (Phi) is 5.57. The summed E-state index contributed by atoms with van der Waals surface area (Å²) in [5.41, 5.74) is 3.14. The molecule has 32 heavy (non-hydrogen) atoms. The van der Waals surface area contributed by atoms with Crippen molar-refractivity contribution < 1.29 is 23.8 Å². The summed E-state index contributed by atoms with van der Waals surface area (Å²) in [4.78, 5) is 27.7. The van der Waals surface area contributed by atoms with Gasteiger partial charge in [0.05, 0.1) is 18.9 Å². The molecule has 0 radical (unpaired) electrons. The molecule has 2 aromatic carbocycles. The van der Waals surface area contributed by atoms with Crippen molar-refractivity contribution >= 4 is 34.7 Å². The number of aliphatic hydroxyl groups is 1. The normalized spacial score (nSPS) is 17.8. The Labute approximate surface area is 190 Å². The van der Waals surface area contributed by atoms with E-state index in [1.165, 1.54) is 11.2 Å². The summed E-state index contributed by atoms with van der Waals surface area (Å²) in [6.45, 7) is 5.45. The molecule has 1 atom stereocenters. The molecular weight excluding hydrogens is 430 g/mol. The zero-order chi connectivity index (χ0) is 23.2. The first-order chi connectivity index (χ1) is 15.2. The van der Waals surface area contributed by atoms with Crippen LogP contribution in [0.4, 0.5) is 5.69 Å². The van der Waals surface area contributed by atoms with E-state index in [0.29, 0.717) is 38.9 Å². The van der Waals surface area contributed by atoms with E-state index in [4.69, 9.17) is 20.8 Å². The highest BCUT2D eigenvalue weighted by atomic mass is 35.5. The van der Waals surface area contributed by atoms with E-state index < -0.39 is 17.7 Å². The van der Waals surface area contributed by atoms with Crippen LogP contribution in [0.15, 0.2) is 58.7 Å². The smallest absolute Gasteiger partial charge is 0.300 e. The fraction of sp³-hybridized carbons (Fsp3) is 0.200. The molecule has 3 aromatic rings. The summed E-state index contributed by atoms with van der Waals surface area (Å²) in [6, 6.07) is 11.0. The minimum absolute atomic E-state index is 0.0352. The van der Waals surface area contributed by atoms with Crippen LogP contribution in [0.3, 0.4) is 0 Å². The van der Waals surface area contributed by atoms with Gasteiger partial charge in [0.15, 0.2) is 0 Å². The molecule has 2 heterocycles. The minimum atomic E-state index is -0.924. The van der Waals surface area contributed by atoms with Crippen LogP contribution in [-0.2, 0) is 9.59 Å². The average molecular weight is 452 g/mol. The average Bonchev–Trinajstić information content (AvgIpc) is 3.37. The van der Waals surface area contributed by atoms with E-state index in [2.05, 4.69) is 0 Å². The molecule has 6 nitrogen and oxygen atoms in total. The molecule has 4 rings (SSSR count). The van der Waals surface area contributed by atoms with E-state index in [-0.39, 0.29) is 11.3 Å². The van der Waals surface area contributed by atoms with E-state index in [9.17, 15) is 14.7 Å². The standard InChI is InChI=1S/C25H22ClNO5/c1-13-12-20(31-4)15(3)11-17(13)23(28)21-22(19-6-5-9-32-19)27(25(30)24(21)29)18-8-7-16(26)10-14(18)2/h5-12,22,28H,1-4H3/b23-21-. The van der Waals surface area contributed by atoms with Gasteiger partial charge in [-0.05, 0) is 79.9 Å². The van der Waals surface area contributed by atoms with Gasteiger partial charge in [-0.2, -0.15) is 0 Å². The number of ether oxygens (including phenoxy) is 1. The van der Waals surface area contributed by atoms with Crippen LogP contribution in [0, 0.1) is 20.8 Å². The number of carbonyl (C=O) groups is 2. The van der Waals surface area contributed by atoms with Crippen LogP contribution in [0.1, 0.15) is 34.1 Å². The number of benzene rings is 2. The third kappa shape index (κ3) is 3.46. The van der Waals surface area contributed by atoms with Crippen molar-refractivity contribution in [1.82, 2.24) is 0 Å². The van der Waals surface area contributed by atoms with Crippen LogP contribution >= 0.6 is 11.6 Å². The second-order valence-electron chi connectivity index (χ2n) is 7.75. The van der Waals surface area contributed by atoms with E-state index in [1.807, 2.05) is 6.92 Å². The molecule has 1 fully saturated rings. The summed E-state index contributed by atoms with van der Waals surface area (Å²) >= 11 is 6.09. The summed E-state index contributed by atoms with van der Waals surface area (Å²) in [6.07, 6.45) is 1.47. The highest BCUT2D eigenvalue weighted by molar-refractivity contribution is 6.51. The van der Waals surface area contributed by atoms with Gasteiger partial charge in [0.2, 0.25) is 0 Å². The van der Waals surface area contributed by atoms with E-state index in [0.717, 1.165) is 5.56 Å². The second-order valence-corrected chi connectivity index (χ2v) is 8.19. The van der Waals surface area contributed by atoms with Crippen molar-refractivity contribution in [2.75, 3.05) is 12.0 Å².